The lowest BCUT2D eigenvalue weighted by Gasteiger charge is -2.04. The normalized spacial score (nSPS) is 10.5. The Morgan fingerprint density at radius 3 is 2.52 bits per heavy atom. The summed E-state index contributed by atoms with van der Waals surface area (Å²) in [7, 11) is 0. The zero-order valence-corrected chi connectivity index (χ0v) is 14.3. The van der Waals surface area contributed by atoms with E-state index in [-0.39, 0.29) is 0 Å². The molecule has 2 aromatic heterocycles. The number of hydrogen-bond acceptors (Lipinski definition) is 4. The maximum absolute atomic E-state index is 4.61. The predicted octanol–water partition coefficient (Wildman–Crippen LogP) is 4.93. The van der Waals surface area contributed by atoms with Crippen LogP contribution in [-0.2, 0) is 6.42 Å². The van der Waals surface area contributed by atoms with Crippen molar-refractivity contribution in [3.63, 3.8) is 0 Å². The first-order chi connectivity index (χ1) is 10.3. The molecular weight excluding hydrogens is 393 g/mol. The van der Waals surface area contributed by atoms with Gasteiger partial charge in [-0.05, 0) is 36.2 Å². The number of thiazole rings is 1. The summed E-state index contributed by atoms with van der Waals surface area (Å²) in [5.41, 5.74) is 4.51. The van der Waals surface area contributed by atoms with Gasteiger partial charge in [-0.2, -0.15) is 0 Å². The number of rotatable bonds is 5. The van der Waals surface area contributed by atoms with E-state index >= 15 is 0 Å². The van der Waals surface area contributed by atoms with Crippen molar-refractivity contribution in [1.82, 2.24) is 9.97 Å². The number of hydrogen-bond donors (Lipinski definition) is 1. The highest BCUT2D eigenvalue weighted by atomic mass is 127. The van der Waals surface area contributed by atoms with E-state index in [9.17, 15) is 0 Å². The van der Waals surface area contributed by atoms with Crippen LogP contribution in [0, 0.1) is 0 Å². The Morgan fingerprint density at radius 1 is 1.05 bits per heavy atom. The number of nitrogens with one attached hydrogen (secondary N) is 1. The molecule has 0 radical (unpaired) electrons. The minimum atomic E-state index is 0.906. The first-order valence-electron chi connectivity index (χ1n) is 6.63. The van der Waals surface area contributed by atoms with Crippen LogP contribution >= 0.6 is 33.9 Å². The van der Waals surface area contributed by atoms with Gasteiger partial charge in [-0.3, -0.25) is 4.98 Å². The topological polar surface area (TPSA) is 37.8 Å². The van der Waals surface area contributed by atoms with Gasteiger partial charge in [0.05, 0.1) is 5.69 Å². The number of pyridine rings is 1. The number of alkyl halides is 1. The molecule has 21 heavy (non-hydrogen) atoms. The Morgan fingerprint density at radius 2 is 1.81 bits per heavy atom. The van der Waals surface area contributed by atoms with Gasteiger partial charge < -0.3 is 5.32 Å². The molecule has 0 atom stereocenters. The molecule has 3 nitrogen and oxygen atoms in total. The molecule has 0 aliphatic carbocycles. The van der Waals surface area contributed by atoms with Crippen LogP contribution < -0.4 is 5.32 Å². The predicted molar refractivity (Wildman–Crippen MR) is 97.7 cm³/mol. The summed E-state index contributed by atoms with van der Waals surface area (Å²) in [6, 6.07) is 12.5. The van der Waals surface area contributed by atoms with E-state index < -0.39 is 0 Å². The van der Waals surface area contributed by atoms with Crippen LogP contribution in [0.4, 0.5) is 10.8 Å². The number of aryl methyl sites for hydroxylation is 1. The fourth-order valence-corrected chi connectivity index (χ4v) is 3.34. The van der Waals surface area contributed by atoms with Crippen LogP contribution in [0.1, 0.15) is 5.56 Å². The molecule has 0 bridgehead atoms. The Bertz CT molecular complexity index is 695. The van der Waals surface area contributed by atoms with Gasteiger partial charge in [-0.1, -0.05) is 34.7 Å². The monoisotopic (exact) mass is 407 g/mol. The summed E-state index contributed by atoms with van der Waals surface area (Å²) in [6.07, 6.45) is 4.69. The minimum absolute atomic E-state index is 0.906. The molecule has 3 aromatic rings. The second-order valence-corrected chi connectivity index (χ2v) is 6.47. The van der Waals surface area contributed by atoms with Crippen molar-refractivity contribution in [3.8, 4) is 11.3 Å². The summed E-state index contributed by atoms with van der Waals surface area (Å²) in [6.45, 7) is 0. The highest BCUT2D eigenvalue weighted by Gasteiger charge is 2.04. The molecule has 0 amide bonds. The molecule has 3 rings (SSSR count). The third-order valence-electron chi connectivity index (χ3n) is 3.07. The van der Waals surface area contributed by atoms with Gasteiger partial charge >= 0.3 is 0 Å². The van der Waals surface area contributed by atoms with Crippen LogP contribution in [0.25, 0.3) is 11.3 Å². The van der Waals surface area contributed by atoms with E-state index in [0.29, 0.717) is 0 Å². The number of nitrogens with zero attached hydrogens (tertiary/aromatic N) is 2. The molecular formula is C16H14IN3S. The summed E-state index contributed by atoms with van der Waals surface area (Å²) < 4.78 is 1.15. The van der Waals surface area contributed by atoms with Gasteiger partial charge in [0.25, 0.3) is 0 Å². The van der Waals surface area contributed by atoms with E-state index in [1.54, 1.807) is 23.7 Å². The highest BCUT2D eigenvalue weighted by molar-refractivity contribution is 14.1. The van der Waals surface area contributed by atoms with Crippen molar-refractivity contribution in [2.75, 3.05) is 9.74 Å². The minimum Gasteiger partial charge on any atom is -0.332 e. The zero-order valence-electron chi connectivity index (χ0n) is 11.3. The molecule has 0 aliphatic heterocycles. The number of aromatic nitrogens is 2. The summed E-state index contributed by atoms with van der Waals surface area (Å²) in [5.74, 6) is 0. The van der Waals surface area contributed by atoms with Crippen LogP contribution in [0.5, 0.6) is 0 Å². The standard InChI is InChI=1S/C16H14IN3S/c17-8-5-12-1-3-14(4-2-12)19-16-20-15(11-21-16)13-6-9-18-10-7-13/h1-4,6-7,9-11H,5,8H2,(H,19,20). The molecule has 0 unspecified atom stereocenters. The van der Waals surface area contributed by atoms with Gasteiger partial charge in [-0.15, -0.1) is 11.3 Å². The van der Waals surface area contributed by atoms with Crippen LogP contribution in [0.2, 0.25) is 0 Å². The van der Waals surface area contributed by atoms with Gasteiger partial charge in [0.1, 0.15) is 0 Å². The van der Waals surface area contributed by atoms with E-state index in [1.165, 1.54) is 5.56 Å². The molecule has 0 aliphatic rings. The molecule has 0 fully saturated rings. The first kappa shape index (κ1) is 14.5. The fraction of sp³-hybridized carbons (Fsp3) is 0.125. The first-order valence-corrected chi connectivity index (χ1v) is 9.03. The lowest BCUT2D eigenvalue weighted by atomic mass is 10.1. The second-order valence-electron chi connectivity index (χ2n) is 4.53. The third-order valence-corrected chi connectivity index (χ3v) is 4.37. The molecule has 106 valence electrons. The van der Waals surface area contributed by atoms with E-state index in [4.69, 9.17) is 0 Å². The Labute approximate surface area is 141 Å². The fourth-order valence-electron chi connectivity index (χ4n) is 1.97. The maximum atomic E-state index is 4.61. The van der Waals surface area contributed by atoms with Crippen molar-refractivity contribution < 1.29 is 0 Å². The van der Waals surface area contributed by atoms with E-state index in [0.717, 1.165) is 32.9 Å². The Balaban J connectivity index is 1.72. The molecule has 0 saturated carbocycles. The highest BCUT2D eigenvalue weighted by Crippen LogP contribution is 2.26. The molecule has 1 N–H and O–H groups in total. The Hall–Kier alpha value is -1.47. The van der Waals surface area contributed by atoms with Gasteiger partial charge in [-0.25, -0.2) is 4.98 Å². The van der Waals surface area contributed by atoms with Crippen molar-refractivity contribution in [3.05, 3.63) is 59.7 Å². The van der Waals surface area contributed by atoms with Crippen molar-refractivity contribution >= 4 is 44.7 Å². The Kier molecular flexibility index (Phi) is 4.82. The average Bonchev–Trinajstić information content (AvgIpc) is 2.99. The third kappa shape index (κ3) is 3.79. The van der Waals surface area contributed by atoms with Gasteiger partial charge in [0.15, 0.2) is 5.13 Å². The molecule has 5 heteroatoms. The van der Waals surface area contributed by atoms with Crippen molar-refractivity contribution in [1.29, 1.82) is 0 Å². The lowest BCUT2D eigenvalue weighted by molar-refractivity contribution is 1.18. The summed E-state index contributed by atoms with van der Waals surface area (Å²) >= 11 is 4.01. The molecule has 0 spiro atoms. The van der Waals surface area contributed by atoms with Crippen LogP contribution in [0.15, 0.2) is 54.2 Å². The van der Waals surface area contributed by atoms with Gasteiger partial charge in [0.2, 0.25) is 0 Å². The van der Waals surface area contributed by atoms with Crippen LogP contribution in [-0.4, -0.2) is 14.4 Å². The largest absolute Gasteiger partial charge is 0.332 e. The lowest BCUT2D eigenvalue weighted by Crippen LogP contribution is -1.91. The van der Waals surface area contributed by atoms with Gasteiger partial charge in [0, 0.05) is 33.5 Å². The maximum Gasteiger partial charge on any atom is 0.187 e. The van der Waals surface area contributed by atoms with E-state index in [2.05, 4.69) is 67.5 Å². The van der Waals surface area contributed by atoms with Crippen LogP contribution in [0.3, 0.4) is 0 Å². The summed E-state index contributed by atoms with van der Waals surface area (Å²) in [4.78, 5) is 8.64. The number of benzene rings is 1. The van der Waals surface area contributed by atoms with Crippen molar-refractivity contribution in [2.45, 2.75) is 6.42 Å². The molecule has 2 heterocycles. The quantitative estimate of drug-likeness (QED) is 0.482. The smallest absolute Gasteiger partial charge is 0.187 e. The number of anilines is 2. The SMILES string of the molecule is ICCc1ccc(Nc2nc(-c3ccncc3)cs2)cc1. The number of halogens is 1. The van der Waals surface area contributed by atoms with Crippen molar-refractivity contribution in [2.24, 2.45) is 0 Å². The average molecular weight is 407 g/mol. The molecule has 1 aromatic carbocycles. The zero-order chi connectivity index (χ0) is 14.5. The van der Waals surface area contributed by atoms with E-state index in [1.807, 2.05) is 12.1 Å². The second kappa shape index (κ2) is 7.00. The molecule has 0 saturated heterocycles. The summed E-state index contributed by atoms with van der Waals surface area (Å²) in [5, 5.41) is 6.32.